The van der Waals surface area contributed by atoms with E-state index < -0.39 is 11.7 Å². The number of hydrogen-bond acceptors (Lipinski definition) is 2. The molecule has 19 heavy (non-hydrogen) atoms. The van der Waals surface area contributed by atoms with Gasteiger partial charge in [0, 0.05) is 0 Å². The number of amides is 1. The van der Waals surface area contributed by atoms with Crippen molar-refractivity contribution in [2.24, 2.45) is 0 Å². The van der Waals surface area contributed by atoms with Crippen LogP contribution in [0.3, 0.4) is 0 Å². The van der Waals surface area contributed by atoms with Crippen molar-refractivity contribution in [3.63, 3.8) is 0 Å². The summed E-state index contributed by atoms with van der Waals surface area (Å²) in [6.07, 6.45) is 0. The van der Waals surface area contributed by atoms with Gasteiger partial charge in [0.25, 0.3) is 5.91 Å². The van der Waals surface area contributed by atoms with E-state index in [-0.39, 0.29) is 5.69 Å². The van der Waals surface area contributed by atoms with Crippen LogP contribution in [0, 0.1) is 12.7 Å². The lowest BCUT2D eigenvalue weighted by Crippen LogP contribution is -2.14. The zero-order valence-electron chi connectivity index (χ0n) is 10.2. The fourth-order valence-electron chi connectivity index (χ4n) is 1.65. The molecule has 0 atom stereocenters. The Balaban J connectivity index is 2.31. The van der Waals surface area contributed by atoms with Crippen LogP contribution in [0.2, 0.25) is 5.02 Å². The van der Waals surface area contributed by atoms with Gasteiger partial charge in [-0.2, -0.15) is 0 Å². The first-order valence-corrected chi connectivity index (χ1v) is 5.98. The number of benzene rings is 2. The van der Waals surface area contributed by atoms with Crippen molar-refractivity contribution in [3.8, 4) is 0 Å². The molecule has 0 spiro atoms. The van der Waals surface area contributed by atoms with Crippen molar-refractivity contribution < 1.29 is 9.18 Å². The molecule has 98 valence electrons. The maximum Gasteiger partial charge on any atom is 0.257 e. The Hall–Kier alpha value is -2.07. The number of hydrogen-bond donors (Lipinski definition) is 2. The number of rotatable bonds is 2. The molecule has 0 radical (unpaired) electrons. The smallest absolute Gasteiger partial charge is 0.257 e. The third-order valence-corrected chi connectivity index (χ3v) is 3.20. The highest BCUT2D eigenvalue weighted by atomic mass is 35.5. The summed E-state index contributed by atoms with van der Waals surface area (Å²) in [6.45, 7) is 1.80. The highest BCUT2D eigenvalue weighted by molar-refractivity contribution is 6.35. The van der Waals surface area contributed by atoms with Crippen LogP contribution in [0.4, 0.5) is 15.8 Å². The normalized spacial score (nSPS) is 10.3. The maximum atomic E-state index is 13.1. The molecule has 0 aliphatic heterocycles. The van der Waals surface area contributed by atoms with Crippen LogP contribution in [-0.4, -0.2) is 5.91 Å². The van der Waals surface area contributed by atoms with Crippen LogP contribution < -0.4 is 11.1 Å². The van der Waals surface area contributed by atoms with Gasteiger partial charge in [-0.3, -0.25) is 4.79 Å². The van der Waals surface area contributed by atoms with Gasteiger partial charge in [0.15, 0.2) is 0 Å². The van der Waals surface area contributed by atoms with Gasteiger partial charge in [0.05, 0.1) is 22.0 Å². The summed E-state index contributed by atoms with van der Waals surface area (Å²) in [5.41, 5.74) is 7.30. The molecule has 3 nitrogen and oxygen atoms in total. The maximum absolute atomic E-state index is 13.1. The zero-order valence-corrected chi connectivity index (χ0v) is 11.0. The fraction of sp³-hybridized carbons (Fsp3) is 0.0714. The van der Waals surface area contributed by atoms with Crippen LogP contribution in [0.1, 0.15) is 15.9 Å². The Morgan fingerprint density at radius 1 is 1.32 bits per heavy atom. The van der Waals surface area contributed by atoms with Crippen LogP contribution in [0.15, 0.2) is 36.4 Å². The molecule has 0 heterocycles. The molecule has 5 heteroatoms. The first-order chi connectivity index (χ1) is 8.99. The lowest BCUT2D eigenvalue weighted by atomic mass is 10.1. The third kappa shape index (κ3) is 2.85. The number of nitrogens with two attached hydrogens (primary N) is 1. The lowest BCUT2D eigenvalue weighted by Gasteiger charge is -2.10. The molecule has 0 saturated carbocycles. The van der Waals surface area contributed by atoms with Gasteiger partial charge in [0.1, 0.15) is 5.82 Å². The average Bonchev–Trinajstić information content (AvgIpc) is 2.37. The first kappa shape index (κ1) is 13.4. The highest BCUT2D eigenvalue weighted by Gasteiger charge is 2.13. The van der Waals surface area contributed by atoms with Crippen molar-refractivity contribution in [2.75, 3.05) is 11.1 Å². The second-order valence-corrected chi connectivity index (χ2v) is 4.50. The van der Waals surface area contributed by atoms with E-state index in [1.54, 1.807) is 25.1 Å². The molecular weight excluding hydrogens is 267 g/mol. The fourth-order valence-corrected chi connectivity index (χ4v) is 1.86. The standard InChI is InChI=1S/C14H12ClFN2O/c1-8-3-2-4-10(13(8)15)14(19)18-12-7-9(16)5-6-11(12)17/h2-7H,17H2,1H3,(H,18,19). The van der Waals surface area contributed by atoms with Gasteiger partial charge in [-0.15, -0.1) is 0 Å². The SMILES string of the molecule is Cc1cccc(C(=O)Nc2cc(F)ccc2N)c1Cl. The van der Waals surface area contributed by atoms with Gasteiger partial charge in [0.2, 0.25) is 0 Å². The third-order valence-electron chi connectivity index (χ3n) is 2.70. The molecule has 0 aliphatic rings. The summed E-state index contributed by atoms with van der Waals surface area (Å²) in [7, 11) is 0. The Kier molecular flexibility index (Phi) is 3.71. The number of nitrogens with one attached hydrogen (secondary N) is 1. The lowest BCUT2D eigenvalue weighted by molar-refractivity contribution is 0.102. The minimum absolute atomic E-state index is 0.225. The molecule has 0 unspecified atom stereocenters. The average molecular weight is 279 g/mol. The molecule has 0 aliphatic carbocycles. The Morgan fingerprint density at radius 2 is 2.05 bits per heavy atom. The Bertz CT molecular complexity index is 643. The number of halogens is 2. The van der Waals surface area contributed by atoms with E-state index in [1.165, 1.54) is 12.1 Å². The first-order valence-electron chi connectivity index (χ1n) is 5.60. The number of carbonyl (C=O) groups excluding carboxylic acids is 1. The Labute approximate surface area is 115 Å². The molecular formula is C14H12ClFN2O. The Morgan fingerprint density at radius 3 is 2.79 bits per heavy atom. The molecule has 2 aromatic rings. The van der Waals surface area contributed by atoms with E-state index in [0.29, 0.717) is 16.3 Å². The molecule has 1 amide bonds. The number of nitrogen functional groups attached to an aromatic ring is 1. The predicted octanol–water partition coefficient (Wildman–Crippen LogP) is 3.62. The van der Waals surface area contributed by atoms with Crippen molar-refractivity contribution in [1.82, 2.24) is 0 Å². The van der Waals surface area contributed by atoms with Crippen molar-refractivity contribution in [3.05, 3.63) is 58.4 Å². The quantitative estimate of drug-likeness (QED) is 0.824. The topological polar surface area (TPSA) is 55.1 Å². The molecule has 0 fully saturated rings. The summed E-state index contributed by atoms with van der Waals surface area (Å²) in [5.74, 6) is -0.897. The van der Waals surface area contributed by atoms with Gasteiger partial charge < -0.3 is 11.1 Å². The molecule has 3 N–H and O–H groups in total. The van der Waals surface area contributed by atoms with E-state index in [4.69, 9.17) is 17.3 Å². The van der Waals surface area contributed by atoms with E-state index in [0.717, 1.165) is 11.6 Å². The van der Waals surface area contributed by atoms with Crippen LogP contribution in [-0.2, 0) is 0 Å². The summed E-state index contributed by atoms with van der Waals surface area (Å²) in [5, 5.41) is 2.92. The minimum atomic E-state index is -0.472. The summed E-state index contributed by atoms with van der Waals surface area (Å²) < 4.78 is 13.1. The zero-order chi connectivity index (χ0) is 14.0. The predicted molar refractivity (Wildman–Crippen MR) is 75.0 cm³/mol. The highest BCUT2D eigenvalue weighted by Crippen LogP contribution is 2.24. The van der Waals surface area contributed by atoms with Gasteiger partial charge in [-0.1, -0.05) is 23.7 Å². The van der Waals surface area contributed by atoms with Crippen LogP contribution in [0.25, 0.3) is 0 Å². The number of anilines is 2. The summed E-state index contributed by atoms with van der Waals surface area (Å²) >= 11 is 6.06. The van der Waals surface area contributed by atoms with Crippen molar-refractivity contribution in [2.45, 2.75) is 6.92 Å². The minimum Gasteiger partial charge on any atom is -0.397 e. The monoisotopic (exact) mass is 278 g/mol. The largest absolute Gasteiger partial charge is 0.397 e. The second-order valence-electron chi connectivity index (χ2n) is 4.12. The number of carbonyl (C=O) groups is 1. The van der Waals surface area contributed by atoms with Crippen LogP contribution >= 0.6 is 11.6 Å². The van der Waals surface area contributed by atoms with Gasteiger partial charge >= 0.3 is 0 Å². The van der Waals surface area contributed by atoms with Crippen LogP contribution in [0.5, 0.6) is 0 Å². The van der Waals surface area contributed by atoms with Crippen molar-refractivity contribution >= 4 is 28.9 Å². The molecule has 2 rings (SSSR count). The van der Waals surface area contributed by atoms with E-state index >= 15 is 0 Å². The molecule has 2 aromatic carbocycles. The molecule has 0 bridgehead atoms. The van der Waals surface area contributed by atoms with Crippen molar-refractivity contribution in [1.29, 1.82) is 0 Å². The molecule has 0 saturated heterocycles. The summed E-state index contributed by atoms with van der Waals surface area (Å²) in [4.78, 5) is 12.1. The van der Waals surface area contributed by atoms with E-state index in [2.05, 4.69) is 5.32 Å². The van der Waals surface area contributed by atoms with Gasteiger partial charge in [-0.05, 0) is 36.8 Å². The number of aryl methyl sites for hydroxylation is 1. The van der Waals surface area contributed by atoms with Gasteiger partial charge in [-0.25, -0.2) is 4.39 Å². The van der Waals surface area contributed by atoms with E-state index in [9.17, 15) is 9.18 Å². The molecule has 0 aromatic heterocycles. The van der Waals surface area contributed by atoms with E-state index in [1.807, 2.05) is 0 Å². The second kappa shape index (κ2) is 5.28. The summed E-state index contributed by atoms with van der Waals surface area (Å²) in [6, 6.07) is 8.91.